The fourth-order valence-electron chi connectivity index (χ4n) is 4.18. The van der Waals surface area contributed by atoms with E-state index in [-0.39, 0.29) is 5.91 Å². The molecule has 1 aliphatic rings. The van der Waals surface area contributed by atoms with Gasteiger partial charge in [0, 0.05) is 36.7 Å². The maximum atomic E-state index is 13.1. The molecular formula is C23H22N4O. The van der Waals surface area contributed by atoms with Crippen LogP contribution in [0.2, 0.25) is 0 Å². The second-order valence-corrected chi connectivity index (χ2v) is 7.58. The summed E-state index contributed by atoms with van der Waals surface area (Å²) in [4.78, 5) is 27.5. The Morgan fingerprint density at radius 1 is 1.11 bits per heavy atom. The van der Waals surface area contributed by atoms with Gasteiger partial charge in [0.05, 0.1) is 16.6 Å². The molecule has 5 heteroatoms. The summed E-state index contributed by atoms with van der Waals surface area (Å²) in [7, 11) is 0. The van der Waals surface area contributed by atoms with E-state index in [0.717, 1.165) is 65.7 Å². The van der Waals surface area contributed by atoms with Crippen LogP contribution >= 0.6 is 0 Å². The van der Waals surface area contributed by atoms with E-state index in [1.807, 2.05) is 53.4 Å². The number of imidazole rings is 1. The van der Waals surface area contributed by atoms with Gasteiger partial charge in [0.1, 0.15) is 5.82 Å². The highest BCUT2D eigenvalue weighted by Gasteiger charge is 2.25. The summed E-state index contributed by atoms with van der Waals surface area (Å²) in [5.41, 5.74) is 3.74. The number of carbonyl (C=O) groups excluding carboxylic acids is 1. The summed E-state index contributed by atoms with van der Waals surface area (Å²) in [6.45, 7) is 1.60. The van der Waals surface area contributed by atoms with Crippen molar-refractivity contribution in [2.45, 2.75) is 19.3 Å². The third-order valence-electron chi connectivity index (χ3n) is 5.58. The summed E-state index contributed by atoms with van der Waals surface area (Å²) in [6, 6.07) is 17.8. The fourth-order valence-corrected chi connectivity index (χ4v) is 4.18. The van der Waals surface area contributed by atoms with Crippen molar-refractivity contribution in [3.63, 3.8) is 0 Å². The number of pyridine rings is 1. The van der Waals surface area contributed by atoms with Crippen LogP contribution in [0.1, 0.15) is 29.0 Å². The first-order valence-corrected chi connectivity index (χ1v) is 9.84. The molecule has 0 saturated carbocycles. The van der Waals surface area contributed by atoms with Crippen LogP contribution in [0.4, 0.5) is 0 Å². The molecule has 2 aromatic carbocycles. The van der Waals surface area contributed by atoms with Crippen LogP contribution in [0, 0.1) is 5.92 Å². The van der Waals surface area contributed by atoms with Gasteiger partial charge in [-0.1, -0.05) is 18.2 Å². The SMILES string of the molecule is O=C(c1ccc2ncccc2c1)N1CCC[C@@H](Cc2nc3ccccc3[nH]2)C1. The first kappa shape index (κ1) is 16.9. The second kappa shape index (κ2) is 7.08. The molecule has 0 radical (unpaired) electrons. The van der Waals surface area contributed by atoms with Crippen LogP contribution in [-0.2, 0) is 6.42 Å². The maximum Gasteiger partial charge on any atom is 0.253 e. The first-order chi connectivity index (χ1) is 13.8. The smallest absolute Gasteiger partial charge is 0.253 e. The Kier molecular flexibility index (Phi) is 4.28. The zero-order valence-electron chi connectivity index (χ0n) is 15.6. The van der Waals surface area contributed by atoms with E-state index in [2.05, 4.69) is 16.0 Å². The zero-order chi connectivity index (χ0) is 18.9. The number of aromatic amines is 1. The van der Waals surface area contributed by atoms with Crippen LogP contribution in [0.25, 0.3) is 21.9 Å². The number of amides is 1. The van der Waals surface area contributed by atoms with E-state index < -0.39 is 0 Å². The van der Waals surface area contributed by atoms with Crippen LogP contribution in [-0.4, -0.2) is 38.8 Å². The average molecular weight is 370 g/mol. The largest absolute Gasteiger partial charge is 0.342 e. The number of para-hydroxylation sites is 2. The van der Waals surface area contributed by atoms with Gasteiger partial charge in [-0.3, -0.25) is 9.78 Å². The van der Waals surface area contributed by atoms with E-state index in [9.17, 15) is 4.79 Å². The number of hydrogen-bond donors (Lipinski definition) is 1. The highest BCUT2D eigenvalue weighted by Crippen LogP contribution is 2.23. The predicted molar refractivity (Wildman–Crippen MR) is 110 cm³/mol. The average Bonchev–Trinajstić information content (AvgIpc) is 3.15. The number of fused-ring (bicyclic) bond motifs is 2. The van der Waals surface area contributed by atoms with Gasteiger partial charge >= 0.3 is 0 Å². The number of nitrogens with one attached hydrogen (secondary N) is 1. The van der Waals surface area contributed by atoms with E-state index in [1.54, 1.807) is 6.20 Å². The summed E-state index contributed by atoms with van der Waals surface area (Å²) < 4.78 is 0. The van der Waals surface area contributed by atoms with Crippen LogP contribution in [0.15, 0.2) is 60.8 Å². The summed E-state index contributed by atoms with van der Waals surface area (Å²) >= 11 is 0. The van der Waals surface area contributed by atoms with E-state index >= 15 is 0 Å². The lowest BCUT2D eigenvalue weighted by Gasteiger charge is -2.32. The number of nitrogens with zero attached hydrogens (tertiary/aromatic N) is 3. The molecule has 0 bridgehead atoms. The minimum absolute atomic E-state index is 0.111. The summed E-state index contributed by atoms with van der Waals surface area (Å²) in [5, 5.41) is 1.00. The normalized spacial score (nSPS) is 17.3. The Bertz CT molecular complexity index is 1120. The van der Waals surface area contributed by atoms with Crippen molar-refractivity contribution in [1.82, 2.24) is 19.9 Å². The quantitative estimate of drug-likeness (QED) is 0.588. The number of rotatable bonds is 3. The molecule has 1 amide bonds. The van der Waals surface area contributed by atoms with E-state index in [4.69, 9.17) is 4.98 Å². The monoisotopic (exact) mass is 370 g/mol. The Morgan fingerprint density at radius 2 is 2.04 bits per heavy atom. The van der Waals surface area contributed by atoms with Crippen LogP contribution in [0.5, 0.6) is 0 Å². The third-order valence-corrected chi connectivity index (χ3v) is 5.58. The number of piperidine rings is 1. The molecule has 1 atom stereocenters. The molecule has 1 saturated heterocycles. The molecule has 0 aliphatic carbocycles. The highest BCUT2D eigenvalue weighted by atomic mass is 16.2. The van der Waals surface area contributed by atoms with E-state index in [1.165, 1.54) is 0 Å². The van der Waals surface area contributed by atoms with Crippen LogP contribution < -0.4 is 0 Å². The topological polar surface area (TPSA) is 61.9 Å². The standard InChI is InChI=1S/C23H22N4O/c28-23(18-9-10-19-17(14-18)6-3-11-24-19)27-12-4-5-16(15-27)13-22-25-20-7-1-2-8-21(20)26-22/h1-3,6-11,14,16H,4-5,12-13,15H2,(H,25,26)/t16-/m0/s1. The second-order valence-electron chi connectivity index (χ2n) is 7.58. The molecule has 3 heterocycles. The predicted octanol–water partition coefficient (Wildman–Crippen LogP) is 4.21. The lowest BCUT2D eigenvalue weighted by molar-refractivity contribution is 0.0672. The zero-order valence-corrected chi connectivity index (χ0v) is 15.6. The van der Waals surface area contributed by atoms with Crippen molar-refractivity contribution in [1.29, 1.82) is 0 Å². The van der Waals surface area contributed by atoms with Crippen LogP contribution in [0.3, 0.4) is 0 Å². The minimum Gasteiger partial charge on any atom is -0.342 e. The Labute approximate surface area is 163 Å². The molecule has 140 valence electrons. The first-order valence-electron chi connectivity index (χ1n) is 9.84. The molecule has 5 nitrogen and oxygen atoms in total. The molecular weight excluding hydrogens is 348 g/mol. The number of likely N-dealkylation sites (tertiary alicyclic amines) is 1. The molecule has 4 aromatic rings. The van der Waals surface area contributed by atoms with Crippen molar-refractivity contribution in [2.24, 2.45) is 5.92 Å². The molecule has 2 aromatic heterocycles. The number of aromatic nitrogens is 3. The van der Waals surface area contributed by atoms with Gasteiger partial charge in [0.25, 0.3) is 5.91 Å². The van der Waals surface area contributed by atoms with Crippen molar-refractivity contribution in [3.05, 3.63) is 72.2 Å². The molecule has 1 N–H and O–H groups in total. The number of carbonyl (C=O) groups is 1. The van der Waals surface area contributed by atoms with E-state index in [0.29, 0.717) is 5.92 Å². The Morgan fingerprint density at radius 3 is 2.96 bits per heavy atom. The highest BCUT2D eigenvalue weighted by molar-refractivity contribution is 5.98. The molecule has 0 unspecified atom stereocenters. The van der Waals surface area contributed by atoms with Gasteiger partial charge in [-0.15, -0.1) is 0 Å². The van der Waals surface area contributed by atoms with Crippen molar-refractivity contribution in [2.75, 3.05) is 13.1 Å². The van der Waals surface area contributed by atoms with Gasteiger partial charge in [-0.25, -0.2) is 4.98 Å². The summed E-state index contributed by atoms with van der Waals surface area (Å²) in [6.07, 6.45) is 4.81. The Balaban J connectivity index is 1.32. The van der Waals surface area contributed by atoms with Gasteiger partial charge < -0.3 is 9.88 Å². The fraction of sp³-hybridized carbons (Fsp3) is 0.261. The van der Waals surface area contributed by atoms with Crippen molar-refractivity contribution < 1.29 is 4.79 Å². The number of H-pyrrole nitrogens is 1. The third kappa shape index (κ3) is 3.24. The number of hydrogen-bond acceptors (Lipinski definition) is 3. The summed E-state index contributed by atoms with van der Waals surface area (Å²) in [5.74, 6) is 1.55. The van der Waals surface area contributed by atoms with Crippen molar-refractivity contribution in [3.8, 4) is 0 Å². The van der Waals surface area contributed by atoms with Gasteiger partial charge in [-0.05, 0) is 55.2 Å². The van der Waals surface area contributed by atoms with Gasteiger partial charge in [-0.2, -0.15) is 0 Å². The Hall–Kier alpha value is -3.21. The lowest BCUT2D eigenvalue weighted by atomic mass is 9.94. The molecule has 5 rings (SSSR count). The molecule has 28 heavy (non-hydrogen) atoms. The van der Waals surface area contributed by atoms with Gasteiger partial charge in [0.15, 0.2) is 0 Å². The van der Waals surface area contributed by atoms with Gasteiger partial charge in [0.2, 0.25) is 0 Å². The lowest BCUT2D eigenvalue weighted by Crippen LogP contribution is -2.40. The minimum atomic E-state index is 0.111. The molecule has 1 aliphatic heterocycles. The number of benzene rings is 2. The molecule has 0 spiro atoms. The molecule has 1 fully saturated rings. The van der Waals surface area contributed by atoms with Crippen molar-refractivity contribution >= 4 is 27.8 Å². The maximum absolute atomic E-state index is 13.1.